The molecule has 0 saturated carbocycles. The molecular formula is C13H9BrClNO3. The standard InChI is InChI=1S/C13H9BrClNO3/c14-10-4-1-7(5-11(10)15)16-13(19)9-3-2-8(17)6-12(9)18/h1-6,17-18H,(H,16,19). The van der Waals surface area contributed by atoms with Gasteiger partial charge in [0.2, 0.25) is 0 Å². The third-order valence-corrected chi connectivity index (χ3v) is 3.64. The van der Waals surface area contributed by atoms with E-state index in [9.17, 15) is 9.90 Å². The van der Waals surface area contributed by atoms with Crippen LogP contribution in [0.15, 0.2) is 40.9 Å². The van der Waals surface area contributed by atoms with Crippen molar-refractivity contribution in [2.45, 2.75) is 0 Å². The molecule has 0 radical (unpaired) electrons. The SMILES string of the molecule is O=C(Nc1ccc(Br)c(Cl)c1)c1ccc(O)cc1O. The fraction of sp³-hybridized carbons (Fsp3) is 0. The Balaban J connectivity index is 2.23. The lowest BCUT2D eigenvalue weighted by Gasteiger charge is -2.08. The van der Waals surface area contributed by atoms with Crippen molar-refractivity contribution < 1.29 is 15.0 Å². The van der Waals surface area contributed by atoms with Gasteiger partial charge in [0.1, 0.15) is 11.5 Å². The molecule has 0 aliphatic carbocycles. The molecule has 4 nitrogen and oxygen atoms in total. The number of carbonyl (C=O) groups excluding carboxylic acids is 1. The zero-order valence-electron chi connectivity index (χ0n) is 9.52. The number of phenols is 2. The van der Waals surface area contributed by atoms with Crippen LogP contribution in [0.1, 0.15) is 10.4 Å². The molecule has 0 heterocycles. The summed E-state index contributed by atoms with van der Waals surface area (Å²) in [6.45, 7) is 0. The van der Waals surface area contributed by atoms with Crippen molar-refractivity contribution in [2.24, 2.45) is 0 Å². The second kappa shape index (κ2) is 5.50. The number of benzene rings is 2. The quantitative estimate of drug-likeness (QED) is 0.778. The van der Waals surface area contributed by atoms with Gasteiger partial charge in [-0.3, -0.25) is 4.79 Å². The summed E-state index contributed by atoms with van der Waals surface area (Å²) in [5.41, 5.74) is 0.572. The molecule has 2 aromatic carbocycles. The molecule has 3 N–H and O–H groups in total. The highest BCUT2D eigenvalue weighted by Gasteiger charge is 2.12. The number of carbonyl (C=O) groups is 1. The first-order valence-electron chi connectivity index (χ1n) is 5.26. The number of amides is 1. The molecule has 98 valence electrons. The van der Waals surface area contributed by atoms with Crippen molar-refractivity contribution in [3.63, 3.8) is 0 Å². The van der Waals surface area contributed by atoms with Crippen LogP contribution >= 0.6 is 27.5 Å². The molecule has 0 aliphatic heterocycles. The highest BCUT2D eigenvalue weighted by Crippen LogP contribution is 2.27. The monoisotopic (exact) mass is 341 g/mol. The summed E-state index contributed by atoms with van der Waals surface area (Å²) in [7, 11) is 0. The Hall–Kier alpha value is -1.72. The zero-order chi connectivity index (χ0) is 14.0. The molecule has 19 heavy (non-hydrogen) atoms. The maximum absolute atomic E-state index is 11.9. The Morgan fingerprint density at radius 1 is 1.16 bits per heavy atom. The van der Waals surface area contributed by atoms with Crippen LogP contribution in [0.2, 0.25) is 5.02 Å². The topological polar surface area (TPSA) is 69.6 Å². The molecule has 6 heteroatoms. The Labute approximate surface area is 122 Å². The molecule has 0 unspecified atom stereocenters. The van der Waals surface area contributed by atoms with Crippen molar-refractivity contribution >= 4 is 39.1 Å². The molecule has 0 fully saturated rings. The van der Waals surface area contributed by atoms with Crippen LogP contribution in [-0.4, -0.2) is 16.1 Å². The summed E-state index contributed by atoms with van der Waals surface area (Å²) >= 11 is 9.16. The lowest BCUT2D eigenvalue weighted by Crippen LogP contribution is -2.11. The van der Waals surface area contributed by atoms with Crippen molar-refractivity contribution in [1.29, 1.82) is 0 Å². The van der Waals surface area contributed by atoms with Gasteiger partial charge < -0.3 is 15.5 Å². The third-order valence-electron chi connectivity index (χ3n) is 2.40. The van der Waals surface area contributed by atoms with Gasteiger partial charge in [0.25, 0.3) is 5.91 Å². The number of rotatable bonds is 2. The van der Waals surface area contributed by atoms with Gasteiger partial charge in [-0.1, -0.05) is 11.6 Å². The van der Waals surface area contributed by atoms with Gasteiger partial charge >= 0.3 is 0 Å². The van der Waals surface area contributed by atoms with Crippen LogP contribution in [0.3, 0.4) is 0 Å². The Bertz CT molecular complexity index is 646. The van der Waals surface area contributed by atoms with E-state index in [-0.39, 0.29) is 17.1 Å². The molecule has 2 rings (SSSR count). The third kappa shape index (κ3) is 3.19. The number of halogens is 2. The van der Waals surface area contributed by atoms with Crippen molar-refractivity contribution in [3.8, 4) is 11.5 Å². The molecule has 0 aromatic heterocycles. The van der Waals surface area contributed by atoms with E-state index >= 15 is 0 Å². The first-order chi connectivity index (χ1) is 8.97. The van der Waals surface area contributed by atoms with Gasteiger partial charge in [0.15, 0.2) is 0 Å². The van der Waals surface area contributed by atoms with E-state index in [2.05, 4.69) is 21.2 Å². The molecule has 0 saturated heterocycles. The first-order valence-corrected chi connectivity index (χ1v) is 6.43. The minimum absolute atomic E-state index is 0.0665. The lowest BCUT2D eigenvalue weighted by atomic mass is 10.1. The van der Waals surface area contributed by atoms with Gasteiger partial charge in [-0.2, -0.15) is 0 Å². The number of anilines is 1. The van der Waals surface area contributed by atoms with Crippen molar-refractivity contribution in [2.75, 3.05) is 5.32 Å². The molecule has 0 aliphatic rings. The van der Waals surface area contributed by atoms with Gasteiger partial charge in [-0.25, -0.2) is 0 Å². The largest absolute Gasteiger partial charge is 0.508 e. The Kier molecular flexibility index (Phi) is 3.97. The zero-order valence-corrected chi connectivity index (χ0v) is 11.9. The minimum atomic E-state index is -0.490. The second-order valence-corrected chi connectivity index (χ2v) is 5.05. The van der Waals surface area contributed by atoms with Gasteiger partial charge in [-0.15, -0.1) is 0 Å². The number of hydrogen-bond donors (Lipinski definition) is 3. The van der Waals surface area contributed by atoms with Crippen molar-refractivity contribution in [1.82, 2.24) is 0 Å². The van der Waals surface area contributed by atoms with Crippen molar-refractivity contribution in [3.05, 3.63) is 51.5 Å². The fourth-order valence-corrected chi connectivity index (χ4v) is 1.91. The first kappa shape index (κ1) is 13.7. The minimum Gasteiger partial charge on any atom is -0.508 e. The van der Waals surface area contributed by atoms with E-state index in [4.69, 9.17) is 16.7 Å². The number of hydrogen-bond acceptors (Lipinski definition) is 3. The summed E-state index contributed by atoms with van der Waals surface area (Å²) in [4.78, 5) is 11.9. The highest BCUT2D eigenvalue weighted by molar-refractivity contribution is 9.10. The predicted octanol–water partition coefficient (Wildman–Crippen LogP) is 3.77. The maximum Gasteiger partial charge on any atom is 0.259 e. The van der Waals surface area contributed by atoms with Gasteiger partial charge in [0.05, 0.1) is 10.6 Å². The maximum atomic E-state index is 11.9. The molecule has 1 amide bonds. The van der Waals surface area contributed by atoms with E-state index in [0.29, 0.717) is 10.7 Å². The van der Waals surface area contributed by atoms with E-state index in [1.807, 2.05) is 0 Å². The fourth-order valence-electron chi connectivity index (χ4n) is 1.48. The predicted molar refractivity (Wildman–Crippen MR) is 76.9 cm³/mol. The summed E-state index contributed by atoms with van der Waals surface area (Å²) < 4.78 is 0.722. The lowest BCUT2D eigenvalue weighted by molar-refractivity contribution is 0.102. The van der Waals surface area contributed by atoms with Gasteiger partial charge in [0, 0.05) is 16.2 Å². The smallest absolute Gasteiger partial charge is 0.259 e. The summed E-state index contributed by atoms with van der Waals surface area (Å²) in [6.07, 6.45) is 0. The summed E-state index contributed by atoms with van der Waals surface area (Å²) in [5, 5.41) is 21.8. The number of nitrogens with one attached hydrogen (secondary N) is 1. The average Bonchev–Trinajstić information content (AvgIpc) is 2.33. The summed E-state index contributed by atoms with van der Waals surface area (Å²) in [6, 6.07) is 8.72. The highest BCUT2D eigenvalue weighted by atomic mass is 79.9. The molecule has 0 bridgehead atoms. The van der Waals surface area contributed by atoms with E-state index in [1.54, 1.807) is 18.2 Å². The van der Waals surface area contributed by atoms with E-state index in [1.165, 1.54) is 12.1 Å². The Morgan fingerprint density at radius 2 is 1.89 bits per heavy atom. The van der Waals surface area contributed by atoms with Crippen LogP contribution < -0.4 is 5.32 Å². The molecule has 2 aromatic rings. The van der Waals surface area contributed by atoms with E-state index < -0.39 is 5.91 Å². The molecule has 0 spiro atoms. The Morgan fingerprint density at radius 3 is 2.53 bits per heavy atom. The second-order valence-electron chi connectivity index (χ2n) is 3.78. The summed E-state index contributed by atoms with van der Waals surface area (Å²) in [5.74, 6) is -0.891. The number of phenolic OH excluding ortho intramolecular Hbond substituents is 2. The van der Waals surface area contributed by atoms with E-state index in [0.717, 1.165) is 10.5 Å². The van der Waals surface area contributed by atoms with Crippen LogP contribution in [0.4, 0.5) is 5.69 Å². The van der Waals surface area contributed by atoms with Crippen LogP contribution in [0.5, 0.6) is 11.5 Å². The van der Waals surface area contributed by atoms with Crippen LogP contribution in [-0.2, 0) is 0 Å². The normalized spacial score (nSPS) is 10.2. The average molecular weight is 343 g/mol. The number of aromatic hydroxyl groups is 2. The van der Waals surface area contributed by atoms with Crippen LogP contribution in [0.25, 0.3) is 0 Å². The molecular weight excluding hydrogens is 334 g/mol. The van der Waals surface area contributed by atoms with Crippen LogP contribution in [0, 0.1) is 0 Å². The molecule has 0 atom stereocenters. The van der Waals surface area contributed by atoms with Gasteiger partial charge in [-0.05, 0) is 46.3 Å².